The molecule has 1 aromatic heterocycles. The zero-order valence-electron chi connectivity index (χ0n) is 18.7. The molecule has 2 heterocycles. The SMILES string of the molecule is CC(C)(C)Cc1c2c(cc3ccccc13)-c1nccc3cc(C4CCCC4)cc(c13)O2. The van der Waals surface area contributed by atoms with Crippen LogP contribution >= 0.6 is 0 Å². The van der Waals surface area contributed by atoms with Crippen molar-refractivity contribution >= 4 is 21.5 Å². The number of fused-ring (bicyclic) bond motifs is 3. The number of nitrogens with zero attached hydrogens (tertiary/aromatic N) is 1. The van der Waals surface area contributed by atoms with E-state index in [-0.39, 0.29) is 5.41 Å². The van der Waals surface area contributed by atoms with E-state index in [1.54, 1.807) is 0 Å². The van der Waals surface area contributed by atoms with Crippen molar-refractivity contribution in [3.05, 3.63) is 65.9 Å². The molecule has 1 aliphatic heterocycles. The van der Waals surface area contributed by atoms with Crippen LogP contribution in [0.2, 0.25) is 0 Å². The Hall–Kier alpha value is -2.87. The molecule has 0 radical (unpaired) electrons. The highest BCUT2D eigenvalue weighted by Crippen LogP contribution is 2.51. The molecule has 0 amide bonds. The minimum absolute atomic E-state index is 0.159. The molecule has 1 fully saturated rings. The number of hydrogen-bond donors (Lipinski definition) is 0. The van der Waals surface area contributed by atoms with Gasteiger partial charge in [-0.05, 0) is 70.5 Å². The summed E-state index contributed by atoms with van der Waals surface area (Å²) in [4.78, 5) is 4.87. The van der Waals surface area contributed by atoms with Crippen molar-refractivity contribution in [3.8, 4) is 22.8 Å². The fraction of sp³-hybridized carbons (Fsp3) is 0.345. The van der Waals surface area contributed by atoms with Gasteiger partial charge in [0.2, 0.25) is 0 Å². The van der Waals surface area contributed by atoms with E-state index in [9.17, 15) is 0 Å². The van der Waals surface area contributed by atoms with Crippen LogP contribution in [0.3, 0.4) is 0 Å². The van der Waals surface area contributed by atoms with Crippen LogP contribution in [0.1, 0.15) is 63.5 Å². The van der Waals surface area contributed by atoms with Gasteiger partial charge in [0.15, 0.2) is 0 Å². The molecule has 0 bridgehead atoms. The molecular formula is C29H29NO. The molecule has 2 aliphatic rings. The van der Waals surface area contributed by atoms with Crippen LogP contribution in [0.25, 0.3) is 32.8 Å². The van der Waals surface area contributed by atoms with Gasteiger partial charge in [-0.1, -0.05) is 63.9 Å². The fourth-order valence-electron chi connectivity index (χ4n) is 5.59. The van der Waals surface area contributed by atoms with Gasteiger partial charge in [0.05, 0.1) is 11.1 Å². The normalized spacial score (nSPS) is 16.0. The van der Waals surface area contributed by atoms with Gasteiger partial charge in [0, 0.05) is 17.3 Å². The molecule has 6 rings (SSSR count). The topological polar surface area (TPSA) is 22.1 Å². The van der Waals surface area contributed by atoms with Crippen molar-refractivity contribution in [1.82, 2.24) is 4.98 Å². The predicted octanol–water partition coefficient (Wildman–Crippen LogP) is 8.41. The molecule has 0 atom stereocenters. The maximum Gasteiger partial charge on any atom is 0.140 e. The van der Waals surface area contributed by atoms with Crippen molar-refractivity contribution in [3.63, 3.8) is 0 Å². The first-order valence-corrected chi connectivity index (χ1v) is 11.6. The first-order chi connectivity index (χ1) is 15.0. The highest BCUT2D eigenvalue weighted by molar-refractivity contribution is 6.06. The summed E-state index contributed by atoms with van der Waals surface area (Å²) >= 11 is 0. The van der Waals surface area contributed by atoms with Crippen molar-refractivity contribution in [2.45, 2.75) is 58.8 Å². The Balaban J connectivity index is 1.64. The van der Waals surface area contributed by atoms with Crippen LogP contribution in [0.15, 0.2) is 54.7 Å². The molecule has 0 unspecified atom stereocenters. The molecule has 2 heteroatoms. The van der Waals surface area contributed by atoms with E-state index in [2.05, 4.69) is 69.3 Å². The maximum atomic E-state index is 6.79. The van der Waals surface area contributed by atoms with Crippen molar-refractivity contribution in [2.75, 3.05) is 0 Å². The van der Waals surface area contributed by atoms with Crippen LogP contribution in [0, 0.1) is 5.41 Å². The number of aromatic nitrogens is 1. The summed E-state index contributed by atoms with van der Waals surface area (Å²) in [6.07, 6.45) is 8.19. The van der Waals surface area contributed by atoms with Gasteiger partial charge >= 0.3 is 0 Å². The fourth-order valence-corrected chi connectivity index (χ4v) is 5.59. The standard InChI is InChI=1S/C29H29NO/c1-29(2,3)17-24-22-11-7-6-10-19(22)15-23-27-26-20(12-13-30-27)14-21(18-8-4-5-9-18)16-25(26)31-28(23)24/h6-7,10-16,18H,4-5,8-9,17H2,1-3H3. The number of pyridine rings is 1. The Morgan fingerprint density at radius 2 is 1.77 bits per heavy atom. The third-order valence-electron chi connectivity index (χ3n) is 6.95. The zero-order valence-corrected chi connectivity index (χ0v) is 18.7. The molecule has 2 nitrogen and oxygen atoms in total. The molecule has 0 spiro atoms. The Labute approximate surface area is 184 Å². The summed E-state index contributed by atoms with van der Waals surface area (Å²) in [6, 6.07) is 17.8. The Bertz CT molecular complexity index is 1320. The van der Waals surface area contributed by atoms with Gasteiger partial charge in [-0.25, -0.2) is 0 Å². The van der Waals surface area contributed by atoms with Gasteiger partial charge < -0.3 is 4.74 Å². The molecule has 156 valence electrons. The second-order valence-electron chi connectivity index (χ2n) is 10.6. The van der Waals surface area contributed by atoms with Gasteiger partial charge in [0.1, 0.15) is 11.5 Å². The van der Waals surface area contributed by atoms with Crippen LogP contribution in [0.5, 0.6) is 11.5 Å². The van der Waals surface area contributed by atoms with Gasteiger partial charge in [0.25, 0.3) is 0 Å². The summed E-state index contributed by atoms with van der Waals surface area (Å²) < 4.78 is 6.79. The number of benzene rings is 3. The Morgan fingerprint density at radius 3 is 2.58 bits per heavy atom. The van der Waals surface area contributed by atoms with E-state index < -0.39 is 0 Å². The van der Waals surface area contributed by atoms with Crippen LogP contribution in [0.4, 0.5) is 0 Å². The van der Waals surface area contributed by atoms with E-state index in [1.807, 2.05) is 6.20 Å². The highest BCUT2D eigenvalue weighted by atomic mass is 16.5. The van der Waals surface area contributed by atoms with Gasteiger partial charge in [-0.3, -0.25) is 4.98 Å². The Kier molecular flexibility index (Phi) is 4.15. The molecule has 1 saturated carbocycles. The summed E-state index contributed by atoms with van der Waals surface area (Å²) in [5.41, 5.74) is 5.08. The van der Waals surface area contributed by atoms with Crippen LogP contribution in [-0.4, -0.2) is 4.98 Å². The number of rotatable bonds is 2. The lowest BCUT2D eigenvalue weighted by molar-refractivity contribution is 0.400. The van der Waals surface area contributed by atoms with E-state index in [0.29, 0.717) is 5.92 Å². The summed E-state index contributed by atoms with van der Waals surface area (Å²) in [6.45, 7) is 6.90. The summed E-state index contributed by atoms with van der Waals surface area (Å²) in [5, 5.41) is 4.96. The van der Waals surface area contributed by atoms with E-state index >= 15 is 0 Å². The van der Waals surface area contributed by atoms with Crippen LogP contribution in [-0.2, 0) is 6.42 Å². The lowest BCUT2D eigenvalue weighted by atomic mass is 9.83. The van der Waals surface area contributed by atoms with Crippen molar-refractivity contribution in [1.29, 1.82) is 0 Å². The first-order valence-electron chi connectivity index (χ1n) is 11.6. The quantitative estimate of drug-likeness (QED) is 0.293. The molecule has 0 saturated heterocycles. The molecular weight excluding hydrogens is 378 g/mol. The lowest BCUT2D eigenvalue weighted by Crippen LogP contribution is -2.12. The molecule has 4 aromatic rings. The van der Waals surface area contributed by atoms with E-state index in [1.165, 1.54) is 53.0 Å². The van der Waals surface area contributed by atoms with E-state index in [0.717, 1.165) is 34.6 Å². The van der Waals surface area contributed by atoms with Crippen molar-refractivity contribution < 1.29 is 4.74 Å². The predicted molar refractivity (Wildman–Crippen MR) is 129 cm³/mol. The molecule has 0 N–H and O–H groups in total. The largest absolute Gasteiger partial charge is 0.456 e. The third-order valence-corrected chi connectivity index (χ3v) is 6.95. The number of hydrogen-bond acceptors (Lipinski definition) is 2. The van der Waals surface area contributed by atoms with Gasteiger partial charge in [-0.15, -0.1) is 0 Å². The zero-order chi connectivity index (χ0) is 21.2. The summed E-state index contributed by atoms with van der Waals surface area (Å²) in [5.74, 6) is 2.65. The first kappa shape index (κ1) is 18.9. The smallest absolute Gasteiger partial charge is 0.140 e. The number of ether oxygens (including phenoxy) is 1. The molecule has 1 aliphatic carbocycles. The van der Waals surface area contributed by atoms with Crippen molar-refractivity contribution in [2.24, 2.45) is 5.41 Å². The average molecular weight is 408 g/mol. The average Bonchev–Trinajstić information content (AvgIpc) is 3.28. The Morgan fingerprint density at radius 1 is 0.968 bits per heavy atom. The minimum Gasteiger partial charge on any atom is -0.456 e. The second kappa shape index (κ2) is 6.82. The third kappa shape index (κ3) is 3.12. The monoisotopic (exact) mass is 407 g/mol. The minimum atomic E-state index is 0.159. The summed E-state index contributed by atoms with van der Waals surface area (Å²) in [7, 11) is 0. The lowest BCUT2D eigenvalue weighted by Gasteiger charge is -2.28. The maximum absolute atomic E-state index is 6.79. The van der Waals surface area contributed by atoms with E-state index in [4.69, 9.17) is 9.72 Å². The van der Waals surface area contributed by atoms with Crippen LogP contribution < -0.4 is 4.74 Å². The molecule has 3 aromatic carbocycles. The molecule has 31 heavy (non-hydrogen) atoms. The second-order valence-corrected chi connectivity index (χ2v) is 10.6. The van der Waals surface area contributed by atoms with Gasteiger partial charge in [-0.2, -0.15) is 0 Å². The highest BCUT2D eigenvalue weighted by Gasteiger charge is 2.29.